The van der Waals surface area contributed by atoms with Crippen LogP contribution in [0.15, 0.2) is 6.20 Å². The molecule has 19 heavy (non-hydrogen) atoms. The maximum Gasteiger partial charge on any atom is 0.312 e. The van der Waals surface area contributed by atoms with Crippen molar-refractivity contribution < 1.29 is 14.3 Å². The number of rotatable bonds is 4. The molecule has 3 aliphatic rings. The number of aromatic nitrogens is 2. The topological polar surface area (TPSA) is 61.3 Å². The average Bonchev–Trinajstić information content (AvgIpc) is 2.27. The van der Waals surface area contributed by atoms with E-state index in [1.165, 1.54) is 7.11 Å². The molecular formula is C12H12Cl2N2O3. The molecule has 0 saturated heterocycles. The van der Waals surface area contributed by atoms with Crippen molar-refractivity contribution in [3.05, 3.63) is 22.2 Å². The van der Waals surface area contributed by atoms with Crippen molar-refractivity contribution in [2.75, 3.05) is 7.11 Å². The molecule has 1 heterocycles. The second kappa shape index (κ2) is 4.30. The summed E-state index contributed by atoms with van der Waals surface area (Å²) >= 11 is 11.6. The summed E-state index contributed by atoms with van der Waals surface area (Å²) in [6.45, 7) is 0.327. The van der Waals surface area contributed by atoms with Crippen molar-refractivity contribution in [1.82, 2.24) is 9.97 Å². The van der Waals surface area contributed by atoms with Crippen LogP contribution < -0.4 is 0 Å². The van der Waals surface area contributed by atoms with Crippen LogP contribution in [0.2, 0.25) is 10.4 Å². The lowest BCUT2D eigenvalue weighted by Crippen LogP contribution is -2.71. The summed E-state index contributed by atoms with van der Waals surface area (Å²) in [6, 6.07) is 0. The van der Waals surface area contributed by atoms with E-state index >= 15 is 0 Å². The Morgan fingerprint density at radius 3 is 2.68 bits per heavy atom. The third-order valence-electron chi connectivity index (χ3n) is 3.92. The van der Waals surface area contributed by atoms with Gasteiger partial charge in [-0.15, -0.1) is 0 Å². The van der Waals surface area contributed by atoms with E-state index < -0.39 is 0 Å². The quantitative estimate of drug-likeness (QED) is 0.485. The number of nitrogens with zero attached hydrogens (tertiary/aromatic N) is 2. The molecule has 2 bridgehead atoms. The Bertz CT molecular complexity index is 530. The molecule has 0 N–H and O–H groups in total. The van der Waals surface area contributed by atoms with Crippen LogP contribution in [0.4, 0.5) is 0 Å². The molecule has 0 atom stereocenters. The van der Waals surface area contributed by atoms with Gasteiger partial charge in [-0.05, 0) is 30.9 Å². The third-order valence-corrected chi connectivity index (χ3v) is 4.43. The second-order valence-corrected chi connectivity index (χ2v) is 5.93. The van der Waals surface area contributed by atoms with Crippen LogP contribution in [0.25, 0.3) is 0 Å². The smallest absolute Gasteiger partial charge is 0.312 e. The Balaban J connectivity index is 1.57. The standard InChI is InChI=1S/C12H12Cl2N2O3/c1-18-9(17)11-4-12(5-11,6-11)19-3-7-2-15-10(14)16-8(7)13/h2H,3-6H2,1H3. The zero-order chi connectivity index (χ0) is 13.7. The van der Waals surface area contributed by atoms with Crippen molar-refractivity contribution in [1.29, 1.82) is 0 Å². The van der Waals surface area contributed by atoms with Gasteiger partial charge >= 0.3 is 5.97 Å². The SMILES string of the molecule is COC(=O)C12CC(OCc3cnc(Cl)nc3Cl)(C1)C2. The predicted molar refractivity (Wildman–Crippen MR) is 67.9 cm³/mol. The van der Waals surface area contributed by atoms with Crippen molar-refractivity contribution in [3.8, 4) is 0 Å². The van der Waals surface area contributed by atoms with Crippen LogP contribution in [0.1, 0.15) is 24.8 Å². The van der Waals surface area contributed by atoms with Gasteiger partial charge in [-0.3, -0.25) is 4.79 Å². The molecule has 102 valence electrons. The van der Waals surface area contributed by atoms with Gasteiger partial charge in [-0.2, -0.15) is 0 Å². The lowest BCUT2D eigenvalue weighted by atomic mass is 9.41. The van der Waals surface area contributed by atoms with Gasteiger partial charge in [0.15, 0.2) is 0 Å². The molecule has 3 fully saturated rings. The fourth-order valence-electron chi connectivity index (χ4n) is 2.97. The van der Waals surface area contributed by atoms with Crippen LogP contribution >= 0.6 is 23.2 Å². The summed E-state index contributed by atoms with van der Waals surface area (Å²) in [5.74, 6) is -0.133. The summed E-state index contributed by atoms with van der Waals surface area (Å²) in [5, 5.41) is 0.415. The highest BCUT2D eigenvalue weighted by Crippen LogP contribution is 2.69. The lowest BCUT2D eigenvalue weighted by Gasteiger charge is -2.67. The van der Waals surface area contributed by atoms with Gasteiger partial charge < -0.3 is 9.47 Å². The third kappa shape index (κ3) is 2.00. The molecule has 1 aromatic heterocycles. The summed E-state index contributed by atoms with van der Waals surface area (Å²) in [6.07, 6.45) is 3.72. The number of esters is 1. The Kier molecular flexibility index (Phi) is 2.96. The molecule has 4 rings (SSSR count). The first kappa shape index (κ1) is 13.1. The van der Waals surface area contributed by atoms with Gasteiger partial charge in [0.2, 0.25) is 5.28 Å². The van der Waals surface area contributed by atoms with Gasteiger partial charge in [0.05, 0.1) is 24.7 Å². The van der Waals surface area contributed by atoms with E-state index in [2.05, 4.69) is 9.97 Å². The summed E-state index contributed by atoms with van der Waals surface area (Å²) < 4.78 is 10.6. The first-order chi connectivity index (χ1) is 8.99. The van der Waals surface area contributed by atoms with E-state index in [9.17, 15) is 4.79 Å². The molecule has 3 saturated carbocycles. The zero-order valence-electron chi connectivity index (χ0n) is 10.3. The van der Waals surface area contributed by atoms with Crippen molar-refractivity contribution in [2.24, 2.45) is 5.41 Å². The predicted octanol–water partition coefficient (Wildman–Crippen LogP) is 2.40. The van der Waals surface area contributed by atoms with E-state index in [1.54, 1.807) is 6.20 Å². The highest BCUT2D eigenvalue weighted by atomic mass is 35.5. The minimum atomic E-state index is -0.297. The maximum atomic E-state index is 11.5. The number of carbonyl (C=O) groups is 1. The molecule has 0 amide bonds. The number of hydrogen-bond acceptors (Lipinski definition) is 5. The van der Waals surface area contributed by atoms with Crippen LogP contribution in [0.3, 0.4) is 0 Å². The zero-order valence-corrected chi connectivity index (χ0v) is 11.8. The molecule has 0 aromatic carbocycles. The molecule has 1 aromatic rings. The number of halogens is 2. The van der Waals surface area contributed by atoms with Crippen LogP contribution in [-0.2, 0) is 20.9 Å². The number of hydrogen-bond donors (Lipinski definition) is 0. The minimum Gasteiger partial charge on any atom is -0.469 e. The fraction of sp³-hybridized carbons (Fsp3) is 0.583. The maximum absolute atomic E-state index is 11.5. The average molecular weight is 303 g/mol. The number of carbonyl (C=O) groups excluding carboxylic acids is 1. The normalized spacial score (nSPS) is 31.3. The van der Waals surface area contributed by atoms with Gasteiger partial charge in [-0.1, -0.05) is 11.6 Å². The van der Waals surface area contributed by atoms with E-state index in [0.717, 1.165) is 19.3 Å². The van der Waals surface area contributed by atoms with Crippen LogP contribution in [-0.4, -0.2) is 28.6 Å². The van der Waals surface area contributed by atoms with E-state index in [1.807, 2.05) is 0 Å². The Labute approximate surface area is 120 Å². The molecule has 0 aliphatic heterocycles. The molecule has 7 heteroatoms. The summed E-state index contributed by atoms with van der Waals surface area (Å²) in [7, 11) is 1.42. The highest BCUT2D eigenvalue weighted by Gasteiger charge is 2.73. The highest BCUT2D eigenvalue weighted by molar-refractivity contribution is 6.32. The number of methoxy groups -OCH3 is 1. The molecular weight excluding hydrogens is 291 g/mol. The second-order valence-electron chi connectivity index (χ2n) is 5.23. The lowest BCUT2D eigenvalue weighted by molar-refractivity contribution is -0.287. The Morgan fingerprint density at radius 2 is 2.11 bits per heavy atom. The van der Waals surface area contributed by atoms with Crippen molar-refractivity contribution in [3.63, 3.8) is 0 Å². The first-order valence-corrected chi connectivity index (χ1v) is 6.64. The summed E-state index contributed by atoms with van der Waals surface area (Å²) in [4.78, 5) is 19.2. The van der Waals surface area contributed by atoms with Crippen molar-refractivity contribution in [2.45, 2.75) is 31.5 Å². The van der Waals surface area contributed by atoms with Crippen molar-refractivity contribution >= 4 is 29.2 Å². The summed E-state index contributed by atoms with van der Waals surface area (Å²) in [5.41, 5.74) is 0.203. The van der Waals surface area contributed by atoms with Gasteiger partial charge in [0.1, 0.15) is 5.15 Å². The monoisotopic (exact) mass is 302 g/mol. The van der Waals surface area contributed by atoms with Gasteiger partial charge in [0, 0.05) is 11.8 Å². The Hall–Kier alpha value is -0.910. The largest absolute Gasteiger partial charge is 0.469 e. The molecule has 5 nitrogen and oxygen atoms in total. The minimum absolute atomic E-state index is 0.115. The van der Waals surface area contributed by atoms with E-state index in [0.29, 0.717) is 17.3 Å². The molecule has 0 spiro atoms. The molecule has 3 aliphatic carbocycles. The van der Waals surface area contributed by atoms with Crippen LogP contribution in [0.5, 0.6) is 0 Å². The van der Waals surface area contributed by atoms with E-state index in [4.69, 9.17) is 32.7 Å². The number of ether oxygens (including phenoxy) is 2. The Morgan fingerprint density at radius 1 is 1.42 bits per heavy atom. The fourth-order valence-corrected chi connectivity index (χ4v) is 3.33. The molecule has 0 unspecified atom stereocenters. The van der Waals surface area contributed by atoms with Crippen LogP contribution in [0, 0.1) is 5.41 Å². The molecule has 0 radical (unpaired) electrons. The van der Waals surface area contributed by atoms with Gasteiger partial charge in [0.25, 0.3) is 0 Å². The van der Waals surface area contributed by atoms with E-state index in [-0.39, 0.29) is 22.3 Å². The van der Waals surface area contributed by atoms with Gasteiger partial charge in [-0.25, -0.2) is 9.97 Å². The first-order valence-electron chi connectivity index (χ1n) is 5.88.